The molecule has 23 heavy (non-hydrogen) atoms. The van der Waals surface area contributed by atoms with E-state index in [0.717, 1.165) is 5.56 Å². The minimum atomic E-state index is -1.05. The Kier molecular flexibility index (Phi) is 4.75. The molecule has 0 fully saturated rings. The first-order valence-corrected chi connectivity index (χ1v) is 6.81. The molecule has 0 bridgehead atoms. The minimum absolute atomic E-state index is 0.105. The highest BCUT2D eigenvalue weighted by atomic mass is 16.4. The van der Waals surface area contributed by atoms with E-state index in [0.29, 0.717) is 17.3 Å². The second-order valence-corrected chi connectivity index (χ2v) is 4.84. The Morgan fingerprint density at radius 3 is 2.61 bits per heavy atom. The van der Waals surface area contributed by atoms with Gasteiger partial charge in [0.15, 0.2) is 0 Å². The first-order valence-electron chi connectivity index (χ1n) is 6.81. The summed E-state index contributed by atoms with van der Waals surface area (Å²) in [5.74, 6) is -0.0593. The Morgan fingerprint density at radius 1 is 1.22 bits per heavy atom. The van der Waals surface area contributed by atoms with E-state index in [4.69, 9.17) is 5.11 Å². The fourth-order valence-corrected chi connectivity index (χ4v) is 1.86. The van der Waals surface area contributed by atoms with Gasteiger partial charge in [0.2, 0.25) is 0 Å². The molecule has 0 saturated carbocycles. The lowest BCUT2D eigenvalue weighted by atomic mass is 10.1. The van der Waals surface area contributed by atoms with Crippen LogP contribution in [0.25, 0.3) is 0 Å². The average Bonchev–Trinajstić information content (AvgIpc) is 2.55. The van der Waals surface area contributed by atoms with Gasteiger partial charge in [0, 0.05) is 25.8 Å². The van der Waals surface area contributed by atoms with Crippen molar-refractivity contribution in [2.24, 2.45) is 0 Å². The SMILES string of the molecule is CNc1cc(N(C)C(=O)Nc2cc(C(=O)O)ccc2C)ncn1. The number of hydrogen-bond donors (Lipinski definition) is 3. The van der Waals surface area contributed by atoms with Crippen LogP contribution in [0.1, 0.15) is 15.9 Å². The van der Waals surface area contributed by atoms with Crippen molar-refractivity contribution in [2.45, 2.75) is 6.92 Å². The summed E-state index contributed by atoms with van der Waals surface area (Å²) in [5.41, 5.74) is 1.30. The normalized spacial score (nSPS) is 10.0. The lowest BCUT2D eigenvalue weighted by Crippen LogP contribution is -2.32. The van der Waals surface area contributed by atoms with Crippen molar-refractivity contribution >= 4 is 29.3 Å². The number of nitrogens with one attached hydrogen (secondary N) is 2. The van der Waals surface area contributed by atoms with Crippen LogP contribution in [0.5, 0.6) is 0 Å². The maximum absolute atomic E-state index is 12.3. The first-order chi connectivity index (χ1) is 10.9. The number of aromatic nitrogens is 2. The second kappa shape index (κ2) is 6.73. The second-order valence-electron chi connectivity index (χ2n) is 4.84. The molecule has 8 heteroatoms. The first kappa shape index (κ1) is 16.2. The third kappa shape index (κ3) is 3.73. The number of anilines is 3. The third-order valence-electron chi connectivity index (χ3n) is 3.28. The van der Waals surface area contributed by atoms with Crippen molar-refractivity contribution in [2.75, 3.05) is 29.6 Å². The van der Waals surface area contributed by atoms with E-state index in [-0.39, 0.29) is 5.56 Å². The number of benzene rings is 1. The van der Waals surface area contributed by atoms with E-state index in [1.54, 1.807) is 33.2 Å². The number of urea groups is 1. The molecular formula is C15H17N5O3. The summed E-state index contributed by atoms with van der Waals surface area (Å²) in [5, 5.41) is 14.6. The summed E-state index contributed by atoms with van der Waals surface area (Å²) < 4.78 is 0. The fraction of sp³-hybridized carbons (Fsp3) is 0.200. The number of aromatic carboxylic acids is 1. The van der Waals surface area contributed by atoms with E-state index in [2.05, 4.69) is 20.6 Å². The van der Waals surface area contributed by atoms with Crippen molar-refractivity contribution in [3.05, 3.63) is 41.7 Å². The summed E-state index contributed by atoms with van der Waals surface area (Å²) in [7, 11) is 3.28. The zero-order chi connectivity index (χ0) is 17.0. The Labute approximate surface area is 133 Å². The molecule has 2 rings (SSSR count). The molecule has 0 atom stereocenters. The van der Waals surface area contributed by atoms with Gasteiger partial charge in [-0.05, 0) is 24.6 Å². The van der Waals surface area contributed by atoms with Gasteiger partial charge in [-0.15, -0.1) is 0 Å². The maximum atomic E-state index is 12.3. The molecule has 0 saturated heterocycles. The number of hydrogen-bond acceptors (Lipinski definition) is 5. The third-order valence-corrected chi connectivity index (χ3v) is 3.28. The molecule has 3 N–H and O–H groups in total. The van der Waals surface area contributed by atoms with E-state index < -0.39 is 12.0 Å². The molecule has 0 unspecified atom stereocenters. The Morgan fingerprint density at radius 2 is 1.96 bits per heavy atom. The molecule has 0 aliphatic rings. The van der Waals surface area contributed by atoms with Crippen molar-refractivity contribution in [1.29, 1.82) is 0 Å². The molecule has 2 aromatic rings. The quantitative estimate of drug-likeness (QED) is 0.798. The zero-order valence-corrected chi connectivity index (χ0v) is 13.0. The summed E-state index contributed by atoms with van der Waals surface area (Å²) >= 11 is 0. The van der Waals surface area contributed by atoms with Crippen LogP contribution in [0.2, 0.25) is 0 Å². The smallest absolute Gasteiger partial charge is 0.335 e. The molecule has 120 valence electrons. The molecule has 1 aromatic carbocycles. The molecule has 1 heterocycles. The number of carbonyl (C=O) groups is 2. The lowest BCUT2D eigenvalue weighted by molar-refractivity contribution is 0.0697. The van der Waals surface area contributed by atoms with Gasteiger partial charge in [-0.3, -0.25) is 4.90 Å². The molecule has 0 aliphatic carbocycles. The number of nitrogens with zero attached hydrogens (tertiary/aromatic N) is 3. The highest BCUT2D eigenvalue weighted by molar-refractivity contribution is 6.02. The molecule has 2 amide bonds. The van der Waals surface area contributed by atoms with E-state index in [9.17, 15) is 9.59 Å². The van der Waals surface area contributed by atoms with Crippen molar-refractivity contribution < 1.29 is 14.7 Å². The van der Waals surface area contributed by atoms with Gasteiger partial charge in [0.05, 0.1) is 5.56 Å². The Hall–Kier alpha value is -3.16. The van der Waals surface area contributed by atoms with Crippen LogP contribution in [-0.2, 0) is 0 Å². The van der Waals surface area contributed by atoms with Crippen molar-refractivity contribution in [1.82, 2.24) is 9.97 Å². The molecule has 0 aliphatic heterocycles. The number of carbonyl (C=O) groups excluding carboxylic acids is 1. The van der Waals surface area contributed by atoms with Gasteiger partial charge in [-0.1, -0.05) is 6.07 Å². The standard InChI is InChI=1S/C15H17N5O3/c1-9-4-5-10(14(21)22)6-11(9)19-15(23)20(3)13-7-12(16-2)17-8-18-13/h4-8H,1-3H3,(H,19,23)(H,21,22)(H,16,17,18). The molecular weight excluding hydrogens is 298 g/mol. The van der Waals surface area contributed by atoms with Crippen LogP contribution in [0.3, 0.4) is 0 Å². The van der Waals surface area contributed by atoms with Crippen LogP contribution in [0.15, 0.2) is 30.6 Å². The highest BCUT2D eigenvalue weighted by Gasteiger charge is 2.15. The summed E-state index contributed by atoms with van der Waals surface area (Å²) in [6, 6.07) is 5.74. The summed E-state index contributed by atoms with van der Waals surface area (Å²) in [4.78, 5) is 32.7. The van der Waals surface area contributed by atoms with Crippen LogP contribution in [0, 0.1) is 6.92 Å². The summed E-state index contributed by atoms with van der Waals surface area (Å²) in [6.45, 7) is 1.78. The lowest BCUT2D eigenvalue weighted by Gasteiger charge is -2.18. The topological polar surface area (TPSA) is 107 Å². The number of carboxylic acids is 1. The van der Waals surface area contributed by atoms with Gasteiger partial charge >= 0.3 is 12.0 Å². The molecule has 0 radical (unpaired) electrons. The van der Waals surface area contributed by atoms with Crippen LogP contribution in [-0.4, -0.2) is 41.2 Å². The monoisotopic (exact) mass is 315 g/mol. The number of rotatable bonds is 4. The predicted octanol–water partition coefficient (Wildman–Crippen LogP) is 2.19. The van der Waals surface area contributed by atoms with Crippen LogP contribution >= 0.6 is 0 Å². The number of carboxylic acid groups (broad SMARTS) is 1. The largest absolute Gasteiger partial charge is 0.478 e. The Balaban J connectivity index is 2.21. The van der Waals surface area contributed by atoms with Crippen LogP contribution in [0.4, 0.5) is 22.1 Å². The van der Waals surface area contributed by atoms with Gasteiger partial charge in [-0.25, -0.2) is 19.6 Å². The number of aryl methyl sites for hydroxylation is 1. The van der Waals surface area contributed by atoms with Gasteiger partial charge in [0.25, 0.3) is 0 Å². The molecule has 8 nitrogen and oxygen atoms in total. The highest BCUT2D eigenvalue weighted by Crippen LogP contribution is 2.19. The molecule has 1 aromatic heterocycles. The van der Waals surface area contributed by atoms with E-state index in [1.165, 1.54) is 23.4 Å². The fourth-order valence-electron chi connectivity index (χ4n) is 1.86. The van der Waals surface area contributed by atoms with E-state index >= 15 is 0 Å². The maximum Gasteiger partial charge on any atom is 0.335 e. The van der Waals surface area contributed by atoms with Gasteiger partial charge in [-0.2, -0.15) is 0 Å². The minimum Gasteiger partial charge on any atom is -0.478 e. The van der Waals surface area contributed by atoms with Crippen molar-refractivity contribution in [3.63, 3.8) is 0 Å². The zero-order valence-electron chi connectivity index (χ0n) is 13.0. The number of amides is 2. The van der Waals surface area contributed by atoms with Crippen molar-refractivity contribution in [3.8, 4) is 0 Å². The predicted molar refractivity (Wildman–Crippen MR) is 87.1 cm³/mol. The van der Waals surface area contributed by atoms with Gasteiger partial charge < -0.3 is 15.7 Å². The van der Waals surface area contributed by atoms with Gasteiger partial charge in [0.1, 0.15) is 18.0 Å². The van der Waals surface area contributed by atoms with E-state index in [1.807, 2.05) is 0 Å². The Bertz CT molecular complexity index is 748. The van der Waals surface area contributed by atoms with Crippen LogP contribution < -0.4 is 15.5 Å². The summed E-state index contributed by atoms with van der Waals surface area (Å²) in [6.07, 6.45) is 1.35. The average molecular weight is 315 g/mol. The molecule has 0 spiro atoms.